The summed E-state index contributed by atoms with van der Waals surface area (Å²) in [6.07, 6.45) is 6.01. The monoisotopic (exact) mass is 472 g/mol. The molecule has 1 unspecified atom stereocenters. The summed E-state index contributed by atoms with van der Waals surface area (Å²) in [4.78, 5) is 22.4. The molecule has 0 radical (unpaired) electrons. The van der Waals surface area contributed by atoms with Gasteiger partial charge < -0.3 is 18.6 Å². The molecule has 1 saturated carbocycles. The van der Waals surface area contributed by atoms with Crippen LogP contribution < -0.4 is 4.74 Å². The Kier molecular flexibility index (Phi) is 6.09. The molecule has 4 aromatic rings. The number of methoxy groups -OCH3 is 2. The van der Waals surface area contributed by atoms with Crippen molar-refractivity contribution in [2.24, 2.45) is 5.92 Å². The average molecular weight is 473 g/mol. The highest BCUT2D eigenvalue weighted by Gasteiger charge is 2.32. The first kappa shape index (κ1) is 23.1. The minimum absolute atomic E-state index is 0.352. The quantitative estimate of drug-likeness (QED) is 0.222. The number of pyridine rings is 1. The molecular formula is C28H32N4O3. The first-order valence-electron chi connectivity index (χ1n) is 12.3. The maximum absolute atomic E-state index is 12.3. The standard InChI is InChI=1S/C28H32N4O3/c1-6-17(3)12-13-31-23(15-18-8-9-20(7-2)29-26(18)31)27-30-22-14-19(28(33)35-5)16-24(34-4)25(22)32(27)21-10-11-21/h6,8-9,14-17,21H,1,7,10-13H2,2-5H3. The molecule has 5 rings (SSSR count). The van der Waals surface area contributed by atoms with Crippen molar-refractivity contribution in [3.63, 3.8) is 0 Å². The molecule has 0 amide bonds. The molecule has 7 nitrogen and oxygen atoms in total. The lowest BCUT2D eigenvalue weighted by molar-refractivity contribution is 0.0600. The van der Waals surface area contributed by atoms with Crippen LogP contribution in [0.25, 0.3) is 33.6 Å². The van der Waals surface area contributed by atoms with Gasteiger partial charge in [-0.15, -0.1) is 6.58 Å². The second-order valence-corrected chi connectivity index (χ2v) is 9.33. The van der Waals surface area contributed by atoms with E-state index in [1.54, 1.807) is 19.2 Å². The van der Waals surface area contributed by atoms with Gasteiger partial charge in [0.15, 0.2) is 5.82 Å². The Morgan fingerprint density at radius 2 is 2.03 bits per heavy atom. The Morgan fingerprint density at radius 1 is 1.23 bits per heavy atom. The molecule has 35 heavy (non-hydrogen) atoms. The van der Waals surface area contributed by atoms with E-state index in [4.69, 9.17) is 19.4 Å². The smallest absolute Gasteiger partial charge is 0.338 e. The zero-order valence-electron chi connectivity index (χ0n) is 20.9. The van der Waals surface area contributed by atoms with E-state index in [2.05, 4.69) is 47.8 Å². The van der Waals surface area contributed by atoms with E-state index < -0.39 is 5.97 Å². The number of hydrogen-bond donors (Lipinski definition) is 0. The van der Waals surface area contributed by atoms with Gasteiger partial charge in [0.1, 0.15) is 16.9 Å². The number of ether oxygens (including phenoxy) is 2. The van der Waals surface area contributed by atoms with Crippen LogP contribution >= 0.6 is 0 Å². The van der Waals surface area contributed by atoms with Crippen LogP contribution in [-0.2, 0) is 17.7 Å². The number of carbonyl (C=O) groups is 1. The van der Waals surface area contributed by atoms with Crippen LogP contribution in [-0.4, -0.2) is 39.3 Å². The summed E-state index contributed by atoms with van der Waals surface area (Å²) in [5.41, 5.74) is 5.15. The van der Waals surface area contributed by atoms with Crippen LogP contribution in [0.15, 0.2) is 43.0 Å². The maximum Gasteiger partial charge on any atom is 0.338 e. The largest absolute Gasteiger partial charge is 0.494 e. The molecule has 182 valence electrons. The minimum Gasteiger partial charge on any atom is -0.494 e. The van der Waals surface area contributed by atoms with E-state index in [9.17, 15) is 4.79 Å². The SMILES string of the molecule is C=CC(C)CCn1c(-c2nc3cc(C(=O)OC)cc(OC)c3n2C2CC2)cc2ccc(CC)nc21. The fourth-order valence-corrected chi connectivity index (χ4v) is 4.68. The van der Waals surface area contributed by atoms with Crippen LogP contribution in [0.4, 0.5) is 0 Å². The minimum atomic E-state index is -0.406. The summed E-state index contributed by atoms with van der Waals surface area (Å²) in [5, 5.41) is 1.10. The van der Waals surface area contributed by atoms with Crippen LogP contribution in [0.3, 0.4) is 0 Å². The Hall–Kier alpha value is -3.61. The van der Waals surface area contributed by atoms with Gasteiger partial charge in [-0.1, -0.05) is 19.9 Å². The second kappa shape index (κ2) is 9.21. The Labute approximate surface area is 205 Å². The van der Waals surface area contributed by atoms with E-state index in [0.29, 0.717) is 23.3 Å². The maximum atomic E-state index is 12.3. The van der Waals surface area contributed by atoms with Crippen molar-refractivity contribution in [2.75, 3.05) is 14.2 Å². The van der Waals surface area contributed by atoms with Crippen molar-refractivity contribution < 1.29 is 14.3 Å². The summed E-state index contributed by atoms with van der Waals surface area (Å²) >= 11 is 0. The van der Waals surface area contributed by atoms with Gasteiger partial charge in [0.2, 0.25) is 0 Å². The fraction of sp³-hybridized carbons (Fsp3) is 0.393. The summed E-state index contributed by atoms with van der Waals surface area (Å²) in [6, 6.07) is 10.3. The van der Waals surface area contributed by atoms with Gasteiger partial charge in [0.25, 0.3) is 0 Å². The van der Waals surface area contributed by atoms with E-state index in [-0.39, 0.29) is 0 Å². The van der Waals surface area contributed by atoms with E-state index in [1.165, 1.54) is 7.11 Å². The van der Waals surface area contributed by atoms with Crippen LogP contribution in [0.5, 0.6) is 5.75 Å². The molecule has 7 heteroatoms. The van der Waals surface area contributed by atoms with Gasteiger partial charge in [-0.05, 0) is 61.9 Å². The van der Waals surface area contributed by atoms with Gasteiger partial charge in [-0.2, -0.15) is 0 Å². The number of esters is 1. The first-order valence-corrected chi connectivity index (χ1v) is 12.3. The molecule has 0 aliphatic heterocycles. The van der Waals surface area contributed by atoms with E-state index in [1.807, 2.05) is 6.08 Å². The van der Waals surface area contributed by atoms with Gasteiger partial charge in [0, 0.05) is 23.7 Å². The molecular weight excluding hydrogens is 440 g/mol. The number of benzene rings is 1. The zero-order valence-corrected chi connectivity index (χ0v) is 20.9. The molecule has 1 fully saturated rings. The fourth-order valence-electron chi connectivity index (χ4n) is 4.68. The Morgan fingerprint density at radius 3 is 2.69 bits per heavy atom. The number of hydrogen-bond acceptors (Lipinski definition) is 5. The average Bonchev–Trinajstić information content (AvgIpc) is 3.56. The first-order chi connectivity index (χ1) is 17.0. The molecule has 1 aliphatic carbocycles. The Balaban J connectivity index is 1.77. The summed E-state index contributed by atoms with van der Waals surface area (Å²) < 4.78 is 15.3. The van der Waals surface area contributed by atoms with Crippen LogP contribution in [0.2, 0.25) is 0 Å². The second-order valence-electron chi connectivity index (χ2n) is 9.33. The molecule has 0 saturated heterocycles. The normalized spacial score (nSPS) is 14.4. The molecule has 0 spiro atoms. The van der Waals surface area contributed by atoms with Gasteiger partial charge in [-0.3, -0.25) is 0 Å². The third kappa shape index (κ3) is 4.09. The predicted octanol–water partition coefficient (Wildman–Crippen LogP) is 5.96. The topological polar surface area (TPSA) is 71.2 Å². The Bertz CT molecular complexity index is 1430. The van der Waals surface area contributed by atoms with E-state index >= 15 is 0 Å². The lowest BCUT2D eigenvalue weighted by Crippen LogP contribution is -2.08. The number of allylic oxidation sites excluding steroid dienone is 1. The van der Waals surface area contributed by atoms with Crippen molar-refractivity contribution in [3.05, 3.63) is 54.2 Å². The molecule has 1 atom stereocenters. The van der Waals surface area contributed by atoms with Gasteiger partial charge in [0.05, 0.1) is 31.0 Å². The predicted molar refractivity (Wildman–Crippen MR) is 138 cm³/mol. The number of nitrogens with zero attached hydrogens (tertiary/aromatic N) is 4. The van der Waals surface area contributed by atoms with Gasteiger partial charge >= 0.3 is 5.97 Å². The molecule has 1 aliphatic rings. The highest BCUT2D eigenvalue weighted by molar-refractivity contribution is 5.97. The van der Waals surface area contributed by atoms with Crippen molar-refractivity contribution in [2.45, 2.75) is 52.1 Å². The number of aryl methyl sites for hydroxylation is 2. The zero-order chi connectivity index (χ0) is 24.7. The van der Waals surface area contributed by atoms with Crippen LogP contribution in [0.1, 0.15) is 55.2 Å². The highest BCUT2D eigenvalue weighted by atomic mass is 16.5. The van der Waals surface area contributed by atoms with Gasteiger partial charge in [-0.25, -0.2) is 14.8 Å². The van der Waals surface area contributed by atoms with Crippen molar-refractivity contribution >= 4 is 28.0 Å². The van der Waals surface area contributed by atoms with Crippen LogP contribution in [0, 0.1) is 5.92 Å². The number of imidazole rings is 1. The van der Waals surface area contributed by atoms with Crippen molar-refractivity contribution in [1.82, 2.24) is 19.1 Å². The number of carbonyl (C=O) groups excluding carboxylic acids is 1. The molecule has 0 N–H and O–H groups in total. The summed E-state index contributed by atoms with van der Waals surface area (Å²) in [7, 11) is 3.01. The summed E-state index contributed by atoms with van der Waals surface area (Å²) in [5.74, 6) is 1.49. The molecule has 3 aromatic heterocycles. The number of rotatable bonds is 9. The molecule has 3 heterocycles. The van der Waals surface area contributed by atoms with Crippen molar-refractivity contribution in [3.8, 4) is 17.3 Å². The number of aromatic nitrogens is 4. The summed E-state index contributed by atoms with van der Waals surface area (Å²) in [6.45, 7) is 9.08. The van der Waals surface area contributed by atoms with E-state index in [0.717, 1.165) is 71.5 Å². The third-order valence-electron chi connectivity index (χ3n) is 6.91. The number of fused-ring (bicyclic) bond motifs is 2. The third-order valence-corrected chi connectivity index (χ3v) is 6.91. The van der Waals surface area contributed by atoms with Crippen molar-refractivity contribution in [1.29, 1.82) is 0 Å². The molecule has 0 bridgehead atoms. The lowest BCUT2D eigenvalue weighted by Gasteiger charge is -2.14. The lowest BCUT2D eigenvalue weighted by atomic mass is 10.1. The molecule has 1 aromatic carbocycles. The highest BCUT2D eigenvalue weighted by Crippen LogP contribution is 2.44.